The third-order valence-electron chi connectivity index (χ3n) is 9.55. The lowest BCUT2D eigenvalue weighted by Crippen LogP contribution is -2.48. The van der Waals surface area contributed by atoms with Gasteiger partial charge in [0.2, 0.25) is 0 Å². The summed E-state index contributed by atoms with van der Waals surface area (Å²) in [6.45, 7) is 12.7. The summed E-state index contributed by atoms with van der Waals surface area (Å²) in [5.41, 5.74) is 0. The normalized spacial score (nSPS) is 15.7. The minimum atomic E-state index is 0.205. The van der Waals surface area contributed by atoms with Crippen molar-refractivity contribution in [3.05, 3.63) is 48.6 Å². The average molecular weight is 671 g/mol. The lowest BCUT2D eigenvalue weighted by Gasteiger charge is -2.34. The standard InChI is InChI=1S/C44H82N2O2/c1-4-6-8-10-12-14-16-18-20-22-24-26-28-30-32-34-40-47-43-44(42-46-38-36-45(3)37-39-46)48-41-35-33-31-29-27-25-23-21-19-17-15-13-11-9-7-5-2/h12-15,18-21,44H,4-11,16-17,22-43H2,1-3H3/b14-12-,15-13-,20-18-,21-19-/t44-/m0/s1. The highest BCUT2D eigenvalue weighted by molar-refractivity contribution is 4.93. The van der Waals surface area contributed by atoms with Crippen LogP contribution in [-0.4, -0.2) is 75.5 Å². The Labute approximate surface area is 300 Å². The van der Waals surface area contributed by atoms with Crippen LogP contribution in [0.25, 0.3) is 0 Å². The minimum Gasteiger partial charge on any atom is -0.379 e. The van der Waals surface area contributed by atoms with E-state index in [0.29, 0.717) is 0 Å². The predicted molar refractivity (Wildman–Crippen MR) is 213 cm³/mol. The fourth-order valence-electron chi connectivity index (χ4n) is 6.22. The summed E-state index contributed by atoms with van der Waals surface area (Å²) in [6.07, 6.45) is 49.8. The summed E-state index contributed by atoms with van der Waals surface area (Å²) in [4.78, 5) is 5.01. The maximum Gasteiger partial charge on any atom is 0.0934 e. The smallest absolute Gasteiger partial charge is 0.0934 e. The molecule has 0 aromatic carbocycles. The molecule has 1 rings (SSSR count). The molecule has 0 spiro atoms. The molecule has 1 fully saturated rings. The molecule has 0 aliphatic carbocycles. The molecule has 0 bridgehead atoms. The first-order chi connectivity index (χ1) is 23.8. The second-order valence-corrected chi connectivity index (χ2v) is 14.3. The van der Waals surface area contributed by atoms with Gasteiger partial charge in [-0.25, -0.2) is 0 Å². The zero-order valence-electron chi connectivity index (χ0n) is 32.5. The number of unbranched alkanes of at least 4 members (excludes halogenated alkanes) is 18. The van der Waals surface area contributed by atoms with Crippen LogP contribution in [0.15, 0.2) is 48.6 Å². The summed E-state index contributed by atoms with van der Waals surface area (Å²) < 4.78 is 12.6. The zero-order valence-corrected chi connectivity index (χ0v) is 32.5. The van der Waals surface area contributed by atoms with Gasteiger partial charge in [0.05, 0.1) is 12.7 Å². The molecule has 0 unspecified atom stereocenters. The summed E-state index contributed by atoms with van der Waals surface area (Å²) in [7, 11) is 2.23. The maximum atomic E-state index is 6.42. The Kier molecular flexibility index (Phi) is 34.6. The van der Waals surface area contributed by atoms with E-state index in [4.69, 9.17) is 9.47 Å². The molecule has 1 heterocycles. The molecule has 4 nitrogen and oxygen atoms in total. The molecule has 0 saturated carbocycles. The molecule has 0 N–H and O–H groups in total. The van der Waals surface area contributed by atoms with E-state index in [1.54, 1.807) is 0 Å². The van der Waals surface area contributed by atoms with Crippen LogP contribution in [0.1, 0.15) is 168 Å². The number of hydrogen-bond donors (Lipinski definition) is 0. The molecule has 1 aliphatic rings. The van der Waals surface area contributed by atoms with Crippen LogP contribution in [0, 0.1) is 0 Å². The summed E-state index contributed by atoms with van der Waals surface area (Å²) >= 11 is 0. The molecule has 48 heavy (non-hydrogen) atoms. The molecule has 1 aliphatic heterocycles. The third-order valence-corrected chi connectivity index (χ3v) is 9.55. The van der Waals surface area contributed by atoms with Crippen molar-refractivity contribution in [1.82, 2.24) is 9.80 Å². The minimum absolute atomic E-state index is 0.205. The fraction of sp³-hybridized carbons (Fsp3) is 0.818. The summed E-state index contributed by atoms with van der Waals surface area (Å²) in [6, 6.07) is 0. The van der Waals surface area contributed by atoms with Crippen molar-refractivity contribution in [2.75, 3.05) is 59.6 Å². The molecule has 1 saturated heterocycles. The Morgan fingerprint density at radius 1 is 0.479 bits per heavy atom. The van der Waals surface area contributed by atoms with E-state index in [1.165, 1.54) is 141 Å². The fourth-order valence-corrected chi connectivity index (χ4v) is 6.22. The molecule has 0 radical (unpaired) electrons. The van der Waals surface area contributed by atoms with Gasteiger partial charge in [0, 0.05) is 45.9 Å². The van der Waals surface area contributed by atoms with Gasteiger partial charge in [0.25, 0.3) is 0 Å². The van der Waals surface area contributed by atoms with Gasteiger partial charge >= 0.3 is 0 Å². The molecule has 4 heteroatoms. The van der Waals surface area contributed by atoms with Crippen molar-refractivity contribution >= 4 is 0 Å². The highest BCUT2D eigenvalue weighted by atomic mass is 16.5. The highest BCUT2D eigenvalue weighted by Gasteiger charge is 2.19. The second kappa shape index (κ2) is 37.1. The molecule has 280 valence electrons. The van der Waals surface area contributed by atoms with Crippen molar-refractivity contribution in [2.24, 2.45) is 0 Å². The van der Waals surface area contributed by atoms with E-state index >= 15 is 0 Å². The predicted octanol–water partition coefficient (Wildman–Crippen LogP) is 12.3. The van der Waals surface area contributed by atoms with Crippen LogP contribution < -0.4 is 0 Å². The molecular weight excluding hydrogens is 588 g/mol. The van der Waals surface area contributed by atoms with Crippen LogP contribution >= 0.6 is 0 Å². The SMILES string of the molecule is CCCCC/C=C\C/C=C\CCCCCCCCOC[C@H](CN1CCN(C)CC1)OCCCCCCCC/C=C\C/C=C\CCCCC. The monoisotopic (exact) mass is 671 g/mol. The topological polar surface area (TPSA) is 24.9 Å². The van der Waals surface area contributed by atoms with E-state index in [1.807, 2.05) is 0 Å². The Hall–Kier alpha value is -1.20. The second-order valence-electron chi connectivity index (χ2n) is 14.3. The average Bonchev–Trinajstić information content (AvgIpc) is 3.09. The maximum absolute atomic E-state index is 6.42. The molecule has 0 aromatic heterocycles. The number of rotatable bonds is 35. The molecular formula is C44H82N2O2. The van der Waals surface area contributed by atoms with Crippen LogP contribution in [-0.2, 0) is 9.47 Å². The largest absolute Gasteiger partial charge is 0.379 e. The zero-order chi connectivity index (χ0) is 34.4. The van der Waals surface area contributed by atoms with Gasteiger partial charge in [-0.2, -0.15) is 0 Å². The van der Waals surface area contributed by atoms with Gasteiger partial charge in [0.1, 0.15) is 0 Å². The highest BCUT2D eigenvalue weighted by Crippen LogP contribution is 2.12. The number of piperazine rings is 1. The van der Waals surface area contributed by atoms with E-state index in [-0.39, 0.29) is 6.10 Å². The lowest BCUT2D eigenvalue weighted by atomic mass is 10.1. The van der Waals surface area contributed by atoms with Gasteiger partial charge in [0.15, 0.2) is 0 Å². The van der Waals surface area contributed by atoms with Gasteiger partial charge in [-0.3, -0.25) is 4.90 Å². The van der Waals surface area contributed by atoms with Crippen LogP contribution in [0.3, 0.4) is 0 Å². The van der Waals surface area contributed by atoms with Gasteiger partial charge in [-0.15, -0.1) is 0 Å². The third kappa shape index (κ3) is 32.0. The first kappa shape index (κ1) is 44.8. The summed E-state index contributed by atoms with van der Waals surface area (Å²) in [5.74, 6) is 0. The van der Waals surface area contributed by atoms with Crippen molar-refractivity contribution < 1.29 is 9.47 Å². The number of ether oxygens (including phenoxy) is 2. The van der Waals surface area contributed by atoms with E-state index in [2.05, 4.69) is 79.3 Å². The summed E-state index contributed by atoms with van der Waals surface area (Å²) in [5, 5.41) is 0. The molecule has 0 aromatic rings. The lowest BCUT2D eigenvalue weighted by molar-refractivity contribution is -0.0388. The molecule has 1 atom stereocenters. The van der Waals surface area contributed by atoms with E-state index < -0.39 is 0 Å². The van der Waals surface area contributed by atoms with Gasteiger partial charge in [-0.05, 0) is 84.1 Å². The van der Waals surface area contributed by atoms with E-state index in [9.17, 15) is 0 Å². The van der Waals surface area contributed by atoms with Crippen molar-refractivity contribution in [2.45, 2.75) is 174 Å². The number of likely N-dealkylation sites (N-methyl/N-ethyl adjacent to an activating group) is 1. The van der Waals surface area contributed by atoms with Gasteiger partial charge in [-0.1, -0.05) is 140 Å². The first-order valence-corrected chi connectivity index (χ1v) is 21.0. The van der Waals surface area contributed by atoms with Crippen molar-refractivity contribution in [3.8, 4) is 0 Å². The Bertz CT molecular complexity index is 753. The Morgan fingerprint density at radius 3 is 1.38 bits per heavy atom. The number of hydrogen-bond acceptors (Lipinski definition) is 4. The molecule has 0 amide bonds. The van der Waals surface area contributed by atoms with Crippen LogP contribution in [0.5, 0.6) is 0 Å². The van der Waals surface area contributed by atoms with Crippen molar-refractivity contribution in [1.29, 1.82) is 0 Å². The Morgan fingerprint density at radius 2 is 0.896 bits per heavy atom. The first-order valence-electron chi connectivity index (χ1n) is 21.0. The number of allylic oxidation sites excluding steroid dienone is 8. The van der Waals surface area contributed by atoms with Crippen LogP contribution in [0.2, 0.25) is 0 Å². The number of nitrogens with zero attached hydrogens (tertiary/aromatic N) is 2. The van der Waals surface area contributed by atoms with Crippen LogP contribution in [0.4, 0.5) is 0 Å². The van der Waals surface area contributed by atoms with E-state index in [0.717, 1.165) is 65.4 Å². The van der Waals surface area contributed by atoms with Crippen molar-refractivity contribution in [3.63, 3.8) is 0 Å². The Balaban J connectivity index is 2.05. The van der Waals surface area contributed by atoms with Gasteiger partial charge < -0.3 is 14.4 Å². The quantitative estimate of drug-likeness (QED) is 0.0495.